The van der Waals surface area contributed by atoms with Gasteiger partial charge in [0, 0.05) is 14.1 Å². The third-order valence-electron chi connectivity index (χ3n) is 3.12. The highest BCUT2D eigenvalue weighted by molar-refractivity contribution is 6.32. The van der Waals surface area contributed by atoms with Crippen molar-refractivity contribution in [3.63, 3.8) is 0 Å². The van der Waals surface area contributed by atoms with E-state index in [1.807, 2.05) is 20.9 Å². The van der Waals surface area contributed by atoms with Crippen molar-refractivity contribution in [2.24, 2.45) is 14.1 Å². The van der Waals surface area contributed by atoms with Gasteiger partial charge in [0.05, 0.1) is 28.5 Å². The molecular weight excluding hydrogens is 264 g/mol. The second kappa shape index (κ2) is 5.17. The van der Waals surface area contributed by atoms with Crippen molar-refractivity contribution < 1.29 is 4.79 Å². The third-order valence-corrected chi connectivity index (χ3v) is 3.55. The molecule has 0 aromatic carbocycles. The summed E-state index contributed by atoms with van der Waals surface area (Å²) < 4.78 is 3.28. The molecule has 0 aliphatic rings. The van der Waals surface area contributed by atoms with Crippen LogP contribution < -0.4 is 0 Å². The van der Waals surface area contributed by atoms with Gasteiger partial charge in [-0.05, 0) is 19.4 Å². The predicted octanol–water partition coefficient (Wildman–Crippen LogP) is 2.10. The van der Waals surface area contributed by atoms with Gasteiger partial charge in [0.15, 0.2) is 5.78 Å². The number of carbonyl (C=O) groups is 1. The van der Waals surface area contributed by atoms with Gasteiger partial charge in [-0.25, -0.2) is 0 Å². The van der Waals surface area contributed by atoms with Crippen LogP contribution in [0.5, 0.6) is 0 Å². The lowest BCUT2D eigenvalue weighted by atomic mass is 10.1. The van der Waals surface area contributed by atoms with Crippen LogP contribution in [-0.4, -0.2) is 25.3 Å². The molecule has 0 atom stereocenters. The fourth-order valence-electron chi connectivity index (χ4n) is 2.13. The van der Waals surface area contributed by atoms with Crippen molar-refractivity contribution in [1.82, 2.24) is 19.6 Å². The van der Waals surface area contributed by atoms with E-state index in [0.717, 1.165) is 23.5 Å². The van der Waals surface area contributed by atoms with Crippen LogP contribution in [0.15, 0.2) is 6.07 Å². The van der Waals surface area contributed by atoms with Crippen molar-refractivity contribution in [2.75, 3.05) is 0 Å². The summed E-state index contributed by atoms with van der Waals surface area (Å²) in [7, 11) is 3.57. The molecule has 0 unspecified atom stereocenters. The Balaban J connectivity index is 2.29. The first kappa shape index (κ1) is 13.8. The van der Waals surface area contributed by atoms with Gasteiger partial charge in [-0.3, -0.25) is 14.2 Å². The molecule has 0 bridgehead atoms. The van der Waals surface area contributed by atoms with E-state index in [0.29, 0.717) is 10.7 Å². The topological polar surface area (TPSA) is 52.7 Å². The van der Waals surface area contributed by atoms with Crippen LogP contribution in [0.1, 0.15) is 34.5 Å². The highest BCUT2D eigenvalue weighted by Crippen LogP contribution is 2.22. The minimum Gasteiger partial charge on any atom is -0.292 e. The van der Waals surface area contributed by atoms with E-state index >= 15 is 0 Å². The van der Waals surface area contributed by atoms with Crippen LogP contribution >= 0.6 is 11.6 Å². The molecule has 0 saturated carbocycles. The fourth-order valence-corrected chi connectivity index (χ4v) is 2.49. The minimum atomic E-state index is -0.00402. The molecular formula is C13H17ClN4O. The molecule has 0 aliphatic carbocycles. The number of rotatable bonds is 4. The average molecular weight is 281 g/mol. The third kappa shape index (κ3) is 2.56. The van der Waals surface area contributed by atoms with Crippen molar-refractivity contribution in [1.29, 1.82) is 0 Å². The molecule has 0 aliphatic heterocycles. The summed E-state index contributed by atoms with van der Waals surface area (Å²) in [6.07, 6.45) is 0.993. The number of halogens is 1. The minimum absolute atomic E-state index is 0.00402. The summed E-state index contributed by atoms with van der Waals surface area (Å²) in [5.74, 6) is -0.00402. The van der Waals surface area contributed by atoms with Gasteiger partial charge in [0.1, 0.15) is 5.69 Å². The number of nitrogens with zero attached hydrogens (tertiary/aromatic N) is 4. The van der Waals surface area contributed by atoms with E-state index in [2.05, 4.69) is 10.2 Å². The maximum Gasteiger partial charge on any atom is 0.186 e. The van der Waals surface area contributed by atoms with Crippen LogP contribution in [0.25, 0.3) is 0 Å². The molecule has 2 heterocycles. The first-order valence-corrected chi connectivity index (χ1v) is 6.56. The number of ketones is 1. The lowest BCUT2D eigenvalue weighted by molar-refractivity contribution is 0.0981. The summed E-state index contributed by atoms with van der Waals surface area (Å²) in [5, 5.41) is 9.09. The summed E-state index contributed by atoms with van der Waals surface area (Å²) in [4.78, 5) is 12.3. The van der Waals surface area contributed by atoms with Crippen LogP contribution in [-0.2, 0) is 26.9 Å². The zero-order chi connectivity index (χ0) is 14.2. The lowest BCUT2D eigenvalue weighted by Crippen LogP contribution is -2.12. The number of aromatic nitrogens is 4. The molecule has 6 heteroatoms. The van der Waals surface area contributed by atoms with Crippen LogP contribution in [0.3, 0.4) is 0 Å². The van der Waals surface area contributed by atoms with Crippen LogP contribution in [0.2, 0.25) is 5.02 Å². The number of hydrogen-bond donors (Lipinski definition) is 0. The van der Waals surface area contributed by atoms with E-state index in [1.54, 1.807) is 22.5 Å². The van der Waals surface area contributed by atoms with Gasteiger partial charge in [0.2, 0.25) is 0 Å². The molecule has 0 radical (unpaired) electrons. The van der Waals surface area contributed by atoms with E-state index in [1.165, 1.54) is 0 Å². The molecule has 5 nitrogen and oxygen atoms in total. The fraction of sp³-hybridized carbons (Fsp3) is 0.462. The van der Waals surface area contributed by atoms with E-state index in [-0.39, 0.29) is 12.2 Å². The number of carbonyl (C=O) groups excluding carboxylic acids is 1. The standard InChI is InChI=1S/C13H17ClN4O/c1-5-9-13(14)11(18(4)16-9)7-12(19)10-6-8(2)15-17(10)3/h6H,5,7H2,1-4H3. The van der Waals surface area contributed by atoms with Crippen molar-refractivity contribution >= 4 is 17.4 Å². The summed E-state index contributed by atoms with van der Waals surface area (Å²) in [5.41, 5.74) is 3.00. The van der Waals surface area contributed by atoms with E-state index in [9.17, 15) is 4.79 Å². The predicted molar refractivity (Wildman–Crippen MR) is 73.6 cm³/mol. The molecule has 0 fully saturated rings. The molecule has 0 spiro atoms. The monoisotopic (exact) mass is 280 g/mol. The zero-order valence-corrected chi connectivity index (χ0v) is 12.3. The average Bonchev–Trinajstić information content (AvgIpc) is 2.82. The summed E-state index contributed by atoms with van der Waals surface area (Å²) in [6.45, 7) is 3.85. The molecule has 2 rings (SSSR count). The highest BCUT2D eigenvalue weighted by Gasteiger charge is 2.19. The van der Waals surface area contributed by atoms with Crippen molar-refractivity contribution in [3.8, 4) is 0 Å². The number of aryl methyl sites for hydroxylation is 4. The SMILES string of the molecule is CCc1nn(C)c(CC(=O)c2cc(C)nn2C)c1Cl. The van der Waals surface area contributed by atoms with E-state index < -0.39 is 0 Å². The zero-order valence-electron chi connectivity index (χ0n) is 11.6. The van der Waals surface area contributed by atoms with Crippen LogP contribution in [0, 0.1) is 6.92 Å². The normalized spacial score (nSPS) is 11.0. The Bertz CT molecular complexity index is 627. The molecule has 19 heavy (non-hydrogen) atoms. The number of hydrogen-bond acceptors (Lipinski definition) is 3. The largest absolute Gasteiger partial charge is 0.292 e. The maximum absolute atomic E-state index is 12.3. The molecule has 2 aromatic heterocycles. The molecule has 0 amide bonds. The lowest BCUT2D eigenvalue weighted by Gasteiger charge is -2.03. The van der Waals surface area contributed by atoms with Gasteiger partial charge in [-0.1, -0.05) is 18.5 Å². The van der Waals surface area contributed by atoms with E-state index in [4.69, 9.17) is 11.6 Å². The van der Waals surface area contributed by atoms with Gasteiger partial charge in [-0.2, -0.15) is 10.2 Å². The first-order chi connectivity index (χ1) is 8.93. The van der Waals surface area contributed by atoms with Crippen molar-refractivity contribution in [2.45, 2.75) is 26.7 Å². The maximum atomic E-state index is 12.3. The van der Waals surface area contributed by atoms with Gasteiger partial charge >= 0.3 is 0 Å². The Labute approximate surface area is 117 Å². The molecule has 2 aromatic rings. The van der Waals surface area contributed by atoms with Crippen LogP contribution in [0.4, 0.5) is 0 Å². The molecule has 0 N–H and O–H groups in total. The quantitative estimate of drug-likeness (QED) is 0.806. The Morgan fingerprint density at radius 2 is 2.00 bits per heavy atom. The second-order valence-corrected chi connectivity index (χ2v) is 4.96. The van der Waals surface area contributed by atoms with Crippen molar-refractivity contribution in [3.05, 3.63) is 33.9 Å². The van der Waals surface area contributed by atoms with Gasteiger partial charge in [-0.15, -0.1) is 0 Å². The van der Waals surface area contributed by atoms with Gasteiger partial charge in [0.25, 0.3) is 0 Å². The first-order valence-electron chi connectivity index (χ1n) is 6.18. The Hall–Kier alpha value is -1.62. The summed E-state index contributed by atoms with van der Waals surface area (Å²) >= 11 is 6.25. The Morgan fingerprint density at radius 3 is 2.47 bits per heavy atom. The smallest absolute Gasteiger partial charge is 0.186 e. The molecule has 102 valence electrons. The Morgan fingerprint density at radius 1 is 1.32 bits per heavy atom. The van der Waals surface area contributed by atoms with Gasteiger partial charge < -0.3 is 0 Å². The molecule has 0 saturated heterocycles. The number of Topliss-reactive ketones (excluding diaryl/α,β-unsaturated/α-hetero) is 1. The summed E-state index contributed by atoms with van der Waals surface area (Å²) in [6, 6.07) is 1.79. The Kier molecular flexibility index (Phi) is 3.75. The second-order valence-electron chi connectivity index (χ2n) is 4.58. The highest BCUT2D eigenvalue weighted by atomic mass is 35.5.